The third-order valence-electron chi connectivity index (χ3n) is 5.14. The predicted octanol–water partition coefficient (Wildman–Crippen LogP) is 2.39. The summed E-state index contributed by atoms with van der Waals surface area (Å²) in [4.78, 5) is 28.4. The van der Waals surface area contributed by atoms with E-state index in [4.69, 9.17) is 0 Å². The Morgan fingerprint density at radius 1 is 1.16 bits per heavy atom. The Morgan fingerprint density at radius 3 is 2.55 bits per heavy atom. The highest BCUT2D eigenvalue weighted by atomic mass is 19.1. The maximum Gasteiger partial charge on any atom is 0.254 e. The van der Waals surface area contributed by atoms with Crippen LogP contribution >= 0.6 is 0 Å². The lowest BCUT2D eigenvalue weighted by atomic mass is 10.1. The largest absolute Gasteiger partial charge is 0.507 e. The molecule has 0 atom stereocenters. The van der Waals surface area contributed by atoms with Gasteiger partial charge in [0, 0.05) is 37.3 Å². The number of hydrogen-bond acceptors (Lipinski definition) is 5. The molecule has 2 amide bonds. The lowest BCUT2D eigenvalue weighted by molar-refractivity contribution is -0.122. The summed E-state index contributed by atoms with van der Waals surface area (Å²) >= 11 is 0. The maximum atomic E-state index is 13.7. The second-order valence-corrected chi connectivity index (χ2v) is 7.48. The van der Waals surface area contributed by atoms with Gasteiger partial charge >= 0.3 is 0 Å². The third-order valence-corrected chi connectivity index (χ3v) is 5.14. The van der Waals surface area contributed by atoms with E-state index < -0.39 is 5.82 Å². The van der Waals surface area contributed by atoms with Gasteiger partial charge in [-0.2, -0.15) is 5.10 Å². The highest BCUT2D eigenvalue weighted by Crippen LogP contribution is 2.24. The van der Waals surface area contributed by atoms with E-state index in [0.717, 1.165) is 6.42 Å². The molecule has 2 aromatic rings. The first-order valence-electron chi connectivity index (χ1n) is 10.4. The van der Waals surface area contributed by atoms with Crippen LogP contribution in [0.1, 0.15) is 34.8 Å². The Labute approximate surface area is 181 Å². The van der Waals surface area contributed by atoms with Gasteiger partial charge in [0.25, 0.3) is 11.8 Å². The number of aromatic hydroxyl groups is 1. The van der Waals surface area contributed by atoms with Gasteiger partial charge in [-0.25, -0.2) is 9.82 Å². The summed E-state index contributed by atoms with van der Waals surface area (Å²) in [5.74, 6) is -0.812. The van der Waals surface area contributed by atoms with Crippen LogP contribution in [0.5, 0.6) is 5.75 Å². The number of nitrogens with zero attached hydrogens (tertiary/aromatic N) is 3. The van der Waals surface area contributed by atoms with Crippen LogP contribution in [0.2, 0.25) is 0 Å². The Bertz CT molecular complexity index is 941. The Kier molecular flexibility index (Phi) is 7.72. The first kappa shape index (κ1) is 22.4. The number of phenolic OH excluding ortho intramolecular Hbond substituents is 1. The second-order valence-electron chi connectivity index (χ2n) is 7.48. The first-order valence-corrected chi connectivity index (χ1v) is 10.4. The second kappa shape index (κ2) is 10.7. The number of halogens is 1. The van der Waals surface area contributed by atoms with E-state index in [1.807, 2.05) is 30.0 Å². The summed E-state index contributed by atoms with van der Waals surface area (Å²) in [6, 6.07) is 11.6. The number of aryl methyl sites for hydroxylation is 1. The van der Waals surface area contributed by atoms with Crippen molar-refractivity contribution >= 4 is 18.0 Å². The molecule has 0 aromatic heterocycles. The van der Waals surface area contributed by atoms with Gasteiger partial charge in [0.15, 0.2) is 0 Å². The number of hydrogen-bond donors (Lipinski definition) is 2. The van der Waals surface area contributed by atoms with E-state index >= 15 is 0 Å². The fraction of sp³-hybridized carbons (Fsp3) is 0.348. The number of carbonyl (C=O) groups excluding carboxylic acids is 2. The van der Waals surface area contributed by atoms with Crippen molar-refractivity contribution in [2.75, 3.05) is 32.7 Å². The van der Waals surface area contributed by atoms with Crippen LogP contribution in [0.3, 0.4) is 0 Å². The van der Waals surface area contributed by atoms with Gasteiger partial charge in [-0.3, -0.25) is 14.5 Å². The maximum absolute atomic E-state index is 13.7. The Balaban J connectivity index is 1.47. The topological polar surface area (TPSA) is 85.2 Å². The molecule has 0 bridgehead atoms. The van der Waals surface area contributed by atoms with Crippen molar-refractivity contribution in [3.8, 4) is 5.75 Å². The summed E-state index contributed by atoms with van der Waals surface area (Å²) in [7, 11) is 0. The number of amides is 2. The standard InChI is InChI=1S/C23H27FN4O3/c1-2-6-18-13-20(24)14-19(22(18)30)15-25-26-21(29)16-27-9-11-28(12-10-27)23(31)17-7-4-3-5-8-17/h3-5,7-8,13-15,30H,2,6,9-12,16H2,1H3,(H,26,29)/b25-15+. The zero-order valence-corrected chi connectivity index (χ0v) is 17.6. The number of nitrogens with one attached hydrogen (secondary N) is 1. The van der Waals surface area contributed by atoms with Crippen LogP contribution in [0.25, 0.3) is 0 Å². The van der Waals surface area contributed by atoms with Gasteiger partial charge in [-0.15, -0.1) is 0 Å². The van der Waals surface area contributed by atoms with Crippen molar-refractivity contribution in [3.63, 3.8) is 0 Å². The molecule has 1 aliphatic heterocycles. The normalized spacial score (nSPS) is 14.7. The molecule has 1 fully saturated rings. The fourth-order valence-corrected chi connectivity index (χ4v) is 3.52. The van der Waals surface area contributed by atoms with Crippen molar-refractivity contribution in [2.45, 2.75) is 19.8 Å². The van der Waals surface area contributed by atoms with E-state index in [1.54, 1.807) is 17.0 Å². The average Bonchev–Trinajstić information content (AvgIpc) is 2.77. The number of piperazine rings is 1. The molecule has 3 rings (SSSR count). The van der Waals surface area contributed by atoms with Gasteiger partial charge in [0.05, 0.1) is 12.8 Å². The van der Waals surface area contributed by atoms with E-state index in [2.05, 4.69) is 10.5 Å². The SMILES string of the molecule is CCCc1cc(F)cc(/C=N/NC(=O)CN2CCN(C(=O)c3ccccc3)CC2)c1O. The van der Waals surface area contributed by atoms with Gasteiger partial charge in [0.2, 0.25) is 0 Å². The van der Waals surface area contributed by atoms with Crippen molar-refractivity contribution in [2.24, 2.45) is 5.10 Å². The van der Waals surface area contributed by atoms with Gasteiger partial charge in [-0.05, 0) is 36.2 Å². The summed E-state index contributed by atoms with van der Waals surface area (Å²) in [5, 5.41) is 14.1. The number of rotatable bonds is 7. The molecule has 7 nitrogen and oxygen atoms in total. The van der Waals surface area contributed by atoms with Crippen LogP contribution in [-0.4, -0.2) is 65.7 Å². The van der Waals surface area contributed by atoms with Crippen molar-refractivity contribution in [3.05, 3.63) is 65.0 Å². The monoisotopic (exact) mass is 426 g/mol. The molecule has 1 aliphatic rings. The third kappa shape index (κ3) is 6.11. The molecule has 31 heavy (non-hydrogen) atoms. The first-order chi connectivity index (χ1) is 15.0. The van der Waals surface area contributed by atoms with Crippen LogP contribution in [0.4, 0.5) is 4.39 Å². The zero-order chi connectivity index (χ0) is 22.2. The minimum absolute atomic E-state index is 0.00774. The van der Waals surface area contributed by atoms with Gasteiger partial charge in [-0.1, -0.05) is 31.5 Å². The van der Waals surface area contributed by atoms with Crippen molar-refractivity contribution in [1.29, 1.82) is 0 Å². The van der Waals surface area contributed by atoms with Gasteiger partial charge < -0.3 is 10.0 Å². The molecule has 0 spiro atoms. The molecule has 1 heterocycles. The Hall–Kier alpha value is -3.26. The number of phenols is 1. The summed E-state index contributed by atoms with van der Waals surface area (Å²) < 4.78 is 13.7. The summed E-state index contributed by atoms with van der Waals surface area (Å²) in [5.41, 5.74) is 3.80. The average molecular weight is 426 g/mol. The molecule has 0 radical (unpaired) electrons. The minimum atomic E-state index is -0.461. The molecule has 0 saturated carbocycles. The minimum Gasteiger partial charge on any atom is -0.507 e. The quantitative estimate of drug-likeness (QED) is 0.526. The highest BCUT2D eigenvalue weighted by Gasteiger charge is 2.23. The van der Waals surface area contributed by atoms with E-state index in [1.165, 1.54) is 18.3 Å². The van der Waals surface area contributed by atoms with Crippen molar-refractivity contribution in [1.82, 2.24) is 15.2 Å². The van der Waals surface area contributed by atoms with Crippen LogP contribution < -0.4 is 5.43 Å². The zero-order valence-electron chi connectivity index (χ0n) is 17.6. The van der Waals surface area contributed by atoms with E-state index in [9.17, 15) is 19.1 Å². The molecule has 2 N–H and O–H groups in total. The summed E-state index contributed by atoms with van der Waals surface area (Å²) in [6.45, 7) is 4.33. The molecule has 8 heteroatoms. The molecule has 1 saturated heterocycles. The predicted molar refractivity (Wildman–Crippen MR) is 117 cm³/mol. The van der Waals surface area contributed by atoms with E-state index in [0.29, 0.717) is 43.7 Å². The molecule has 2 aromatic carbocycles. The van der Waals surface area contributed by atoms with Crippen molar-refractivity contribution < 1.29 is 19.1 Å². The molecular formula is C23H27FN4O3. The molecule has 0 unspecified atom stereocenters. The lowest BCUT2D eigenvalue weighted by Crippen LogP contribution is -2.50. The van der Waals surface area contributed by atoms with E-state index in [-0.39, 0.29) is 29.7 Å². The summed E-state index contributed by atoms with van der Waals surface area (Å²) in [6.07, 6.45) is 2.57. The lowest BCUT2D eigenvalue weighted by Gasteiger charge is -2.34. The van der Waals surface area contributed by atoms with Gasteiger partial charge in [0.1, 0.15) is 11.6 Å². The fourth-order valence-electron chi connectivity index (χ4n) is 3.52. The van der Waals surface area contributed by atoms with Crippen LogP contribution in [-0.2, 0) is 11.2 Å². The van der Waals surface area contributed by atoms with Crippen LogP contribution in [0, 0.1) is 5.82 Å². The number of carbonyl (C=O) groups is 2. The molecule has 0 aliphatic carbocycles. The molecular weight excluding hydrogens is 399 g/mol. The number of benzene rings is 2. The van der Waals surface area contributed by atoms with Crippen LogP contribution in [0.15, 0.2) is 47.6 Å². The smallest absolute Gasteiger partial charge is 0.254 e. The molecule has 164 valence electrons. The number of hydrazone groups is 1. The Morgan fingerprint density at radius 2 is 1.87 bits per heavy atom. The highest BCUT2D eigenvalue weighted by molar-refractivity contribution is 5.94.